The van der Waals surface area contributed by atoms with Crippen LogP contribution in [0, 0.1) is 5.92 Å². The molecule has 2 aliphatic rings. The molecule has 1 fully saturated rings. The van der Waals surface area contributed by atoms with Gasteiger partial charge in [0.15, 0.2) is 0 Å². The highest BCUT2D eigenvalue weighted by Gasteiger charge is 2.37. The molecule has 0 radical (unpaired) electrons. The zero-order valence-corrected chi connectivity index (χ0v) is 15.4. The molecule has 26 heavy (non-hydrogen) atoms. The molecule has 1 atom stereocenters. The summed E-state index contributed by atoms with van der Waals surface area (Å²) in [7, 11) is -3.70. The molecule has 1 unspecified atom stereocenters. The number of rotatable bonds is 6. The Morgan fingerprint density at radius 2 is 2.23 bits per heavy atom. The predicted molar refractivity (Wildman–Crippen MR) is 95.3 cm³/mol. The minimum Gasteiger partial charge on any atom is -0.493 e. The molecule has 2 heterocycles. The third-order valence-electron chi connectivity index (χ3n) is 5.22. The second-order valence-electron chi connectivity index (χ2n) is 6.98. The van der Waals surface area contributed by atoms with Gasteiger partial charge in [-0.25, -0.2) is 13.1 Å². The molecule has 2 aromatic rings. The number of nitrogens with one attached hydrogen (secondary N) is 1. The van der Waals surface area contributed by atoms with Gasteiger partial charge in [-0.1, -0.05) is 12.1 Å². The van der Waals surface area contributed by atoms with Crippen LogP contribution in [-0.2, 0) is 23.0 Å². The molecule has 4 rings (SSSR count). The largest absolute Gasteiger partial charge is 0.493 e. The maximum absolute atomic E-state index is 12.9. The molecule has 2 N–H and O–H groups in total. The average Bonchev–Trinajstić information content (AvgIpc) is 3.25. The highest BCUT2D eigenvalue weighted by molar-refractivity contribution is 7.89. The molecule has 140 valence electrons. The van der Waals surface area contributed by atoms with Crippen molar-refractivity contribution in [3.63, 3.8) is 0 Å². The fourth-order valence-electron chi connectivity index (χ4n) is 3.63. The minimum atomic E-state index is -3.70. The summed E-state index contributed by atoms with van der Waals surface area (Å²) in [5.74, 6) is 0.939. The van der Waals surface area contributed by atoms with Crippen molar-refractivity contribution in [2.75, 3.05) is 6.61 Å². The van der Waals surface area contributed by atoms with Crippen LogP contribution in [-0.4, -0.2) is 36.0 Å². The molecule has 1 saturated carbocycles. The maximum Gasteiger partial charge on any atom is 0.244 e. The number of aromatic nitrogens is 2. The number of fused-ring (bicyclic) bond motifs is 1. The van der Waals surface area contributed by atoms with Gasteiger partial charge >= 0.3 is 0 Å². The Kier molecular flexibility index (Phi) is 4.50. The van der Waals surface area contributed by atoms with Crippen LogP contribution in [0.4, 0.5) is 0 Å². The zero-order chi connectivity index (χ0) is 18.3. The molecular weight excluding hydrogens is 354 g/mol. The minimum absolute atomic E-state index is 0.0707. The molecule has 8 heteroatoms. The quantitative estimate of drug-likeness (QED) is 0.798. The first kappa shape index (κ1) is 17.5. The van der Waals surface area contributed by atoms with Crippen molar-refractivity contribution in [3.8, 4) is 5.75 Å². The van der Waals surface area contributed by atoms with Crippen LogP contribution in [0.1, 0.15) is 36.9 Å². The molecule has 1 aliphatic carbocycles. The lowest BCUT2D eigenvalue weighted by atomic mass is 9.75. The SMILES string of the molecule is CCn1cc(S(=O)(=O)NC(c2ccc3c(c2)CCO3)C2CC(O)C2)cn1. The van der Waals surface area contributed by atoms with Crippen LogP contribution in [0.3, 0.4) is 0 Å². The van der Waals surface area contributed by atoms with E-state index in [1.54, 1.807) is 4.68 Å². The summed E-state index contributed by atoms with van der Waals surface area (Å²) >= 11 is 0. The summed E-state index contributed by atoms with van der Waals surface area (Å²) in [6.07, 6.45) is 4.57. The Bertz CT molecular complexity index is 903. The van der Waals surface area contributed by atoms with Gasteiger partial charge in [0.05, 0.1) is 18.9 Å². The van der Waals surface area contributed by atoms with Crippen LogP contribution in [0.15, 0.2) is 35.5 Å². The lowest BCUT2D eigenvalue weighted by molar-refractivity contribution is 0.0280. The fourth-order valence-corrected chi connectivity index (χ4v) is 4.88. The molecule has 0 amide bonds. The van der Waals surface area contributed by atoms with Crippen molar-refractivity contribution in [2.24, 2.45) is 5.92 Å². The number of sulfonamides is 1. The van der Waals surface area contributed by atoms with E-state index >= 15 is 0 Å². The van der Waals surface area contributed by atoms with Crippen molar-refractivity contribution < 1.29 is 18.3 Å². The van der Waals surface area contributed by atoms with Crippen molar-refractivity contribution in [2.45, 2.75) is 49.8 Å². The smallest absolute Gasteiger partial charge is 0.244 e. The number of ether oxygens (including phenoxy) is 1. The molecule has 1 aromatic heterocycles. The van der Waals surface area contributed by atoms with E-state index < -0.39 is 10.0 Å². The topological polar surface area (TPSA) is 93.5 Å². The summed E-state index contributed by atoms with van der Waals surface area (Å²) in [5, 5.41) is 13.8. The molecular formula is C18H23N3O4S. The number of aliphatic hydroxyl groups is 1. The van der Waals surface area contributed by atoms with Gasteiger partial charge < -0.3 is 9.84 Å². The molecule has 1 aromatic carbocycles. The Morgan fingerprint density at radius 1 is 1.42 bits per heavy atom. The second kappa shape index (κ2) is 6.68. The van der Waals surface area contributed by atoms with E-state index in [2.05, 4.69) is 9.82 Å². The molecule has 1 aliphatic heterocycles. The van der Waals surface area contributed by atoms with Crippen LogP contribution in [0.5, 0.6) is 5.75 Å². The van der Waals surface area contributed by atoms with Crippen LogP contribution in [0.2, 0.25) is 0 Å². The highest BCUT2D eigenvalue weighted by atomic mass is 32.2. The van der Waals surface area contributed by atoms with Gasteiger partial charge in [-0.15, -0.1) is 0 Å². The van der Waals surface area contributed by atoms with E-state index in [1.807, 2.05) is 25.1 Å². The van der Waals surface area contributed by atoms with Gasteiger partial charge in [0.1, 0.15) is 10.6 Å². The third kappa shape index (κ3) is 3.24. The molecule has 0 saturated heterocycles. The van der Waals surface area contributed by atoms with Crippen molar-refractivity contribution in [3.05, 3.63) is 41.7 Å². The van der Waals surface area contributed by atoms with Crippen LogP contribution >= 0.6 is 0 Å². The van der Waals surface area contributed by atoms with Gasteiger partial charge in [-0.2, -0.15) is 5.10 Å². The molecule has 7 nitrogen and oxygen atoms in total. The molecule has 0 bridgehead atoms. The first-order valence-electron chi connectivity index (χ1n) is 8.94. The fraction of sp³-hybridized carbons (Fsp3) is 0.500. The summed E-state index contributed by atoms with van der Waals surface area (Å²) in [6, 6.07) is 5.47. The Labute approximate surface area is 153 Å². The van der Waals surface area contributed by atoms with Gasteiger partial charge in [-0.3, -0.25) is 4.68 Å². The van der Waals surface area contributed by atoms with E-state index in [1.165, 1.54) is 12.4 Å². The average molecular weight is 377 g/mol. The monoisotopic (exact) mass is 377 g/mol. The number of nitrogens with zero attached hydrogens (tertiary/aromatic N) is 2. The molecule has 0 spiro atoms. The Hall–Kier alpha value is -1.90. The summed E-state index contributed by atoms with van der Waals surface area (Å²) in [4.78, 5) is 0.161. The number of aryl methyl sites for hydroxylation is 1. The Morgan fingerprint density at radius 3 is 2.92 bits per heavy atom. The van der Waals surface area contributed by atoms with Crippen LogP contribution < -0.4 is 9.46 Å². The summed E-state index contributed by atoms with van der Waals surface area (Å²) in [6.45, 7) is 3.17. The number of hydrogen-bond donors (Lipinski definition) is 2. The first-order valence-corrected chi connectivity index (χ1v) is 10.4. The Balaban J connectivity index is 1.63. The lowest BCUT2D eigenvalue weighted by Crippen LogP contribution is -2.41. The summed E-state index contributed by atoms with van der Waals surface area (Å²) < 4.78 is 35.7. The van der Waals surface area contributed by atoms with Gasteiger partial charge in [0, 0.05) is 25.2 Å². The predicted octanol–water partition coefficient (Wildman–Crippen LogP) is 1.63. The second-order valence-corrected chi connectivity index (χ2v) is 8.70. The number of aliphatic hydroxyl groups excluding tert-OH is 1. The maximum atomic E-state index is 12.9. The van der Waals surface area contributed by atoms with E-state index in [0.717, 1.165) is 23.3 Å². The van der Waals surface area contributed by atoms with E-state index in [-0.39, 0.29) is 23.0 Å². The third-order valence-corrected chi connectivity index (χ3v) is 6.62. The van der Waals surface area contributed by atoms with Gasteiger partial charge in [0.2, 0.25) is 10.0 Å². The lowest BCUT2D eigenvalue weighted by Gasteiger charge is -2.38. The first-order chi connectivity index (χ1) is 12.5. The van der Waals surface area contributed by atoms with E-state index in [4.69, 9.17) is 4.74 Å². The van der Waals surface area contributed by atoms with Crippen molar-refractivity contribution in [1.82, 2.24) is 14.5 Å². The van der Waals surface area contributed by atoms with Gasteiger partial charge in [-0.05, 0) is 42.9 Å². The number of benzene rings is 1. The standard InChI is InChI=1S/C18H23N3O4S/c1-2-21-11-16(10-19-21)26(23,24)20-18(14-8-15(22)9-14)13-3-4-17-12(7-13)5-6-25-17/h3-4,7,10-11,14-15,18,20,22H,2,5-6,8-9H2,1H3. The number of hydrogen-bond acceptors (Lipinski definition) is 5. The van der Waals surface area contributed by atoms with Gasteiger partial charge in [0.25, 0.3) is 0 Å². The van der Waals surface area contributed by atoms with Crippen molar-refractivity contribution >= 4 is 10.0 Å². The normalized spacial score (nSPS) is 23.2. The van der Waals surface area contributed by atoms with Crippen LogP contribution in [0.25, 0.3) is 0 Å². The summed E-state index contributed by atoms with van der Waals surface area (Å²) in [5.41, 5.74) is 2.02. The van der Waals surface area contributed by atoms with E-state index in [9.17, 15) is 13.5 Å². The zero-order valence-electron chi connectivity index (χ0n) is 14.6. The van der Waals surface area contributed by atoms with E-state index in [0.29, 0.717) is 26.0 Å². The highest BCUT2D eigenvalue weighted by Crippen LogP contribution is 2.40. The van der Waals surface area contributed by atoms with Crippen molar-refractivity contribution in [1.29, 1.82) is 0 Å².